The van der Waals surface area contributed by atoms with Crippen LogP contribution in [-0.2, 0) is 10.8 Å². The summed E-state index contributed by atoms with van der Waals surface area (Å²) >= 11 is 0. The van der Waals surface area contributed by atoms with Crippen molar-refractivity contribution in [3.05, 3.63) is 151 Å². The smallest absolute Gasteiger partial charge is 0.164 e. The van der Waals surface area contributed by atoms with Crippen LogP contribution in [0.4, 0.5) is 0 Å². The van der Waals surface area contributed by atoms with Crippen molar-refractivity contribution < 1.29 is 0 Å². The van der Waals surface area contributed by atoms with Gasteiger partial charge in [-0.25, -0.2) is 15.0 Å². The lowest BCUT2D eigenvalue weighted by atomic mass is 9.55. The number of benzene rings is 6. The summed E-state index contributed by atoms with van der Waals surface area (Å²) in [7, 11) is 0. The molecule has 0 amide bonds. The van der Waals surface area contributed by atoms with E-state index in [4.69, 9.17) is 15.0 Å². The molecule has 0 atom stereocenters. The van der Waals surface area contributed by atoms with Gasteiger partial charge in [-0.15, -0.1) is 0 Å². The van der Waals surface area contributed by atoms with E-state index < -0.39 is 0 Å². The summed E-state index contributed by atoms with van der Waals surface area (Å²) in [5.74, 6) is 1.99. The van der Waals surface area contributed by atoms with Gasteiger partial charge < -0.3 is 0 Å². The highest BCUT2D eigenvalue weighted by atomic mass is 15.0. The maximum Gasteiger partial charge on any atom is 0.164 e. The van der Waals surface area contributed by atoms with Crippen LogP contribution in [0.15, 0.2) is 140 Å². The Labute approximate surface area is 270 Å². The fourth-order valence-electron chi connectivity index (χ4n) is 7.10. The summed E-state index contributed by atoms with van der Waals surface area (Å²) in [6.45, 7) is 9.53. The van der Waals surface area contributed by atoms with E-state index in [-0.39, 0.29) is 10.8 Å². The second-order valence-corrected chi connectivity index (χ2v) is 13.3. The highest BCUT2D eigenvalue weighted by Gasteiger charge is 2.46. The van der Waals surface area contributed by atoms with Gasteiger partial charge in [0.1, 0.15) is 0 Å². The van der Waals surface area contributed by atoms with Crippen molar-refractivity contribution in [1.82, 2.24) is 15.0 Å². The molecule has 1 aromatic heterocycles. The first kappa shape index (κ1) is 28.1. The van der Waals surface area contributed by atoms with Crippen LogP contribution in [0.1, 0.15) is 38.8 Å². The lowest BCUT2D eigenvalue weighted by molar-refractivity contribution is 0.299. The number of fused-ring (bicyclic) bond motifs is 4. The van der Waals surface area contributed by atoms with Gasteiger partial charge in [-0.3, -0.25) is 0 Å². The molecule has 3 heteroatoms. The monoisotopic (exact) mass is 593 g/mol. The lowest BCUT2D eigenvalue weighted by Crippen LogP contribution is -2.43. The Bertz CT molecular complexity index is 2190. The van der Waals surface area contributed by atoms with Crippen LogP contribution in [0.5, 0.6) is 0 Å². The molecule has 0 N–H and O–H groups in total. The minimum atomic E-state index is -0.0737. The van der Waals surface area contributed by atoms with E-state index in [1.807, 2.05) is 36.4 Å². The maximum atomic E-state index is 5.13. The molecule has 0 saturated carbocycles. The van der Waals surface area contributed by atoms with Crippen LogP contribution in [0.2, 0.25) is 0 Å². The van der Waals surface area contributed by atoms with Gasteiger partial charge in [-0.1, -0.05) is 155 Å². The third-order valence-electron chi connectivity index (χ3n) is 10.3. The zero-order valence-electron chi connectivity index (χ0n) is 26.6. The average Bonchev–Trinajstić information content (AvgIpc) is 3.11. The molecule has 222 valence electrons. The van der Waals surface area contributed by atoms with Crippen LogP contribution in [0, 0.1) is 0 Å². The molecule has 0 radical (unpaired) electrons. The standard InChI is InChI=1S/C43H35N3/c1-42(2)36-24-14-13-22-34(36)38-33(23-15-25-37(38)43(42,3)4)31-26-30-20-11-12-21-32(30)35(27-31)41-45-39(28-16-7-5-8-17-28)44-40(46-41)29-18-9-6-10-19-29/h5-27H,1-4H3. The first-order valence-electron chi connectivity index (χ1n) is 16.0. The normalized spacial score (nSPS) is 14.4. The fourth-order valence-corrected chi connectivity index (χ4v) is 7.10. The van der Waals surface area contributed by atoms with Crippen molar-refractivity contribution >= 4 is 10.8 Å². The Balaban J connectivity index is 1.41. The molecule has 7 aromatic rings. The molecule has 0 unspecified atom stereocenters. The van der Waals surface area contributed by atoms with Gasteiger partial charge >= 0.3 is 0 Å². The molecule has 1 aliphatic rings. The average molecular weight is 594 g/mol. The topological polar surface area (TPSA) is 38.7 Å². The van der Waals surface area contributed by atoms with Gasteiger partial charge in [0, 0.05) is 16.7 Å². The summed E-state index contributed by atoms with van der Waals surface area (Å²) in [4.78, 5) is 15.2. The highest BCUT2D eigenvalue weighted by Crippen LogP contribution is 2.56. The summed E-state index contributed by atoms with van der Waals surface area (Å²) in [5.41, 5.74) is 10.6. The molecule has 0 aliphatic heterocycles. The molecule has 8 rings (SSSR count). The first-order chi connectivity index (χ1) is 22.3. The number of hydrogen-bond donors (Lipinski definition) is 0. The molecular weight excluding hydrogens is 558 g/mol. The zero-order valence-corrected chi connectivity index (χ0v) is 26.6. The Morgan fingerprint density at radius 3 is 1.61 bits per heavy atom. The van der Waals surface area contributed by atoms with Crippen LogP contribution >= 0.6 is 0 Å². The highest BCUT2D eigenvalue weighted by molar-refractivity contribution is 6.01. The minimum absolute atomic E-state index is 0.0314. The van der Waals surface area contributed by atoms with E-state index in [2.05, 4.69) is 131 Å². The Morgan fingerprint density at radius 1 is 0.391 bits per heavy atom. The van der Waals surface area contributed by atoms with Crippen LogP contribution < -0.4 is 0 Å². The number of hydrogen-bond acceptors (Lipinski definition) is 3. The summed E-state index contributed by atoms with van der Waals surface area (Å²) in [6.07, 6.45) is 0. The summed E-state index contributed by atoms with van der Waals surface area (Å²) < 4.78 is 0. The van der Waals surface area contributed by atoms with E-state index in [0.29, 0.717) is 17.5 Å². The van der Waals surface area contributed by atoms with E-state index in [0.717, 1.165) is 33.0 Å². The van der Waals surface area contributed by atoms with Gasteiger partial charge in [0.15, 0.2) is 17.5 Å². The Morgan fingerprint density at radius 2 is 0.913 bits per heavy atom. The van der Waals surface area contributed by atoms with Crippen molar-refractivity contribution in [2.24, 2.45) is 0 Å². The van der Waals surface area contributed by atoms with E-state index in [1.54, 1.807) is 0 Å². The number of aromatic nitrogens is 3. The van der Waals surface area contributed by atoms with Gasteiger partial charge in [0.05, 0.1) is 0 Å². The Hall–Kier alpha value is -5.41. The third-order valence-corrected chi connectivity index (χ3v) is 10.3. The molecule has 46 heavy (non-hydrogen) atoms. The SMILES string of the molecule is CC1(C)c2ccccc2-c2c(-c3cc(-c4nc(-c5ccccc5)nc(-c5ccccc5)n4)c4ccccc4c3)cccc2C1(C)C. The molecule has 1 heterocycles. The van der Waals surface area contributed by atoms with Crippen molar-refractivity contribution in [3.8, 4) is 56.4 Å². The summed E-state index contributed by atoms with van der Waals surface area (Å²) in [5, 5.41) is 2.27. The molecule has 0 bridgehead atoms. The molecule has 1 aliphatic carbocycles. The fraction of sp³-hybridized carbons (Fsp3) is 0.140. The van der Waals surface area contributed by atoms with Gasteiger partial charge in [-0.05, 0) is 67.1 Å². The predicted octanol–water partition coefficient (Wildman–Crippen LogP) is 10.9. The zero-order chi connectivity index (χ0) is 31.5. The Kier molecular flexibility index (Phi) is 6.47. The molecule has 6 aromatic carbocycles. The maximum absolute atomic E-state index is 5.13. The molecule has 0 spiro atoms. The molecular formula is C43H35N3. The van der Waals surface area contributed by atoms with Gasteiger partial charge in [0.25, 0.3) is 0 Å². The minimum Gasteiger partial charge on any atom is -0.208 e. The van der Waals surface area contributed by atoms with Crippen LogP contribution in [0.25, 0.3) is 67.2 Å². The van der Waals surface area contributed by atoms with Crippen LogP contribution in [-0.4, -0.2) is 15.0 Å². The van der Waals surface area contributed by atoms with Gasteiger partial charge in [0.2, 0.25) is 0 Å². The predicted molar refractivity (Wildman–Crippen MR) is 191 cm³/mol. The summed E-state index contributed by atoms with van der Waals surface area (Å²) in [6, 6.07) is 49.3. The third kappa shape index (κ3) is 4.38. The molecule has 3 nitrogen and oxygen atoms in total. The largest absolute Gasteiger partial charge is 0.208 e. The first-order valence-corrected chi connectivity index (χ1v) is 16.0. The van der Waals surface area contributed by atoms with E-state index in [1.165, 1.54) is 27.8 Å². The molecule has 0 saturated heterocycles. The van der Waals surface area contributed by atoms with E-state index >= 15 is 0 Å². The van der Waals surface area contributed by atoms with E-state index in [9.17, 15) is 0 Å². The number of nitrogens with zero attached hydrogens (tertiary/aromatic N) is 3. The second-order valence-electron chi connectivity index (χ2n) is 13.3. The quantitative estimate of drug-likeness (QED) is 0.204. The van der Waals surface area contributed by atoms with Crippen molar-refractivity contribution in [1.29, 1.82) is 0 Å². The van der Waals surface area contributed by atoms with Gasteiger partial charge in [-0.2, -0.15) is 0 Å². The van der Waals surface area contributed by atoms with Crippen LogP contribution in [0.3, 0.4) is 0 Å². The second kappa shape index (κ2) is 10.6. The van der Waals surface area contributed by atoms with Crippen molar-refractivity contribution in [2.45, 2.75) is 38.5 Å². The van der Waals surface area contributed by atoms with Crippen molar-refractivity contribution in [2.75, 3.05) is 0 Å². The molecule has 0 fully saturated rings. The number of rotatable bonds is 4. The lowest BCUT2D eigenvalue weighted by Gasteiger charge is -2.48. The van der Waals surface area contributed by atoms with Crippen molar-refractivity contribution in [3.63, 3.8) is 0 Å².